The lowest BCUT2D eigenvalue weighted by atomic mass is 10.0. The van der Waals surface area contributed by atoms with Crippen molar-refractivity contribution in [2.75, 3.05) is 24.1 Å². The highest BCUT2D eigenvalue weighted by atomic mass is 15.4. The van der Waals surface area contributed by atoms with Crippen LogP contribution in [0.2, 0.25) is 0 Å². The van der Waals surface area contributed by atoms with E-state index in [0.29, 0.717) is 6.54 Å². The van der Waals surface area contributed by atoms with E-state index < -0.39 is 0 Å². The van der Waals surface area contributed by atoms with Gasteiger partial charge in [-0.2, -0.15) is 10.1 Å². The molecule has 0 aliphatic carbocycles. The first-order valence-electron chi connectivity index (χ1n) is 7.02. The molecule has 1 aliphatic heterocycles. The van der Waals surface area contributed by atoms with Gasteiger partial charge in [0.05, 0.1) is 6.04 Å². The number of anilines is 2. The minimum Gasteiger partial charge on any atom is -0.399 e. The molecule has 5 N–H and O–H groups in total. The van der Waals surface area contributed by atoms with Gasteiger partial charge in [-0.3, -0.25) is 0 Å². The molecule has 0 radical (unpaired) electrons. The van der Waals surface area contributed by atoms with Gasteiger partial charge in [0, 0.05) is 18.7 Å². The fourth-order valence-electron chi connectivity index (χ4n) is 2.54. The van der Waals surface area contributed by atoms with Crippen molar-refractivity contribution in [3.63, 3.8) is 0 Å². The van der Waals surface area contributed by atoms with Crippen LogP contribution in [0.1, 0.15) is 30.3 Å². The number of nitrogen functional groups attached to an aromatic ring is 1. The molecule has 2 heterocycles. The van der Waals surface area contributed by atoms with E-state index in [-0.39, 0.29) is 6.04 Å². The van der Waals surface area contributed by atoms with E-state index in [1.807, 2.05) is 16.8 Å². The highest BCUT2D eigenvalue weighted by Gasteiger charge is 2.24. The molecule has 0 fully saturated rings. The molecule has 1 aliphatic rings. The Morgan fingerprint density at radius 3 is 2.85 bits per heavy atom. The number of nitrogens with two attached hydrogens (primary N) is 2. The molecular formula is C14H20N6. The number of rotatable bonds is 4. The number of benzene rings is 1. The third-order valence-electron chi connectivity index (χ3n) is 3.60. The molecule has 0 saturated heterocycles. The fraction of sp³-hybridized carbons (Fsp3) is 0.429. The highest BCUT2D eigenvalue weighted by Crippen LogP contribution is 2.28. The van der Waals surface area contributed by atoms with Crippen molar-refractivity contribution >= 4 is 11.6 Å². The summed E-state index contributed by atoms with van der Waals surface area (Å²) in [7, 11) is 0. The Morgan fingerprint density at radius 1 is 1.30 bits per heavy atom. The molecule has 20 heavy (non-hydrogen) atoms. The lowest BCUT2D eigenvalue weighted by molar-refractivity contribution is 0.476. The molecule has 6 heteroatoms. The average Bonchev–Trinajstić information content (AvgIpc) is 2.89. The van der Waals surface area contributed by atoms with Gasteiger partial charge in [-0.25, -0.2) is 4.68 Å². The van der Waals surface area contributed by atoms with Crippen molar-refractivity contribution in [3.05, 3.63) is 35.7 Å². The molecule has 0 bridgehead atoms. The van der Waals surface area contributed by atoms with Crippen molar-refractivity contribution in [3.8, 4) is 0 Å². The Bertz CT molecular complexity index is 574. The maximum Gasteiger partial charge on any atom is 0.221 e. The van der Waals surface area contributed by atoms with Gasteiger partial charge in [-0.15, -0.1) is 0 Å². The fourth-order valence-corrected chi connectivity index (χ4v) is 2.54. The Balaban J connectivity index is 1.89. The normalized spacial score (nSPS) is 17.6. The van der Waals surface area contributed by atoms with Gasteiger partial charge in [-0.1, -0.05) is 12.1 Å². The van der Waals surface area contributed by atoms with E-state index in [2.05, 4.69) is 27.5 Å². The first-order valence-corrected chi connectivity index (χ1v) is 7.02. The number of aromatic nitrogens is 3. The van der Waals surface area contributed by atoms with Crippen molar-refractivity contribution in [1.82, 2.24) is 14.8 Å². The van der Waals surface area contributed by atoms with Gasteiger partial charge < -0.3 is 16.8 Å². The summed E-state index contributed by atoms with van der Waals surface area (Å²) >= 11 is 0. The van der Waals surface area contributed by atoms with Gasteiger partial charge in [0.1, 0.15) is 0 Å². The lowest BCUT2D eigenvalue weighted by Crippen LogP contribution is -2.24. The molecule has 1 atom stereocenters. The summed E-state index contributed by atoms with van der Waals surface area (Å²) < 4.78 is 1.99. The average molecular weight is 272 g/mol. The summed E-state index contributed by atoms with van der Waals surface area (Å²) in [5.41, 5.74) is 13.3. The van der Waals surface area contributed by atoms with Crippen LogP contribution in [0, 0.1) is 0 Å². The summed E-state index contributed by atoms with van der Waals surface area (Å²) in [5, 5.41) is 7.93. The number of fused-ring (bicyclic) bond motifs is 1. The Morgan fingerprint density at radius 2 is 2.10 bits per heavy atom. The predicted octanol–water partition coefficient (Wildman–Crippen LogP) is 1.16. The topological polar surface area (TPSA) is 94.8 Å². The van der Waals surface area contributed by atoms with Crippen LogP contribution >= 0.6 is 0 Å². The van der Waals surface area contributed by atoms with Crippen molar-refractivity contribution in [2.24, 2.45) is 5.73 Å². The number of nitrogens with one attached hydrogen (secondary N) is 1. The second-order valence-electron chi connectivity index (χ2n) is 5.09. The van der Waals surface area contributed by atoms with E-state index in [9.17, 15) is 0 Å². The molecule has 1 unspecified atom stereocenters. The van der Waals surface area contributed by atoms with Crippen molar-refractivity contribution in [1.29, 1.82) is 0 Å². The third-order valence-corrected chi connectivity index (χ3v) is 3.60. The van der Waals surface area contributed by atoms with Crippen molar-refractivity contribution < 1.29 is 0 Å². The monoisotopic (exact) mass is 272 g/mol. The first-order chi connectivity index (χ1) is 9.78. The summed E-state index contributed by atoms with van der Waals surface area (Å²) in [4.78, 5) is 4.54. The minimum atomic E-state index is 0.228. The highest BCUT2D eigenvalue weighted by molar-refractivity contribution is 5.41. The SMILES string of the molecule is NCCCc1nc2n(n1)C(c1ccc(N)cc1)CCN2. The summed E-state index contributed by atoms with van der Waals surface area (Å²) in [6, 6.07) is 8.23. The summed E-state index contributed by atoms with van der Waals surface area (Å²) in [6.07, 6.45) is 2.74. The van der Waals surface area contributed by atoms with Gasteiger partial charge >= 0.3 is 0 Å². The zero-order valence-corrected chi connectivity index (χ0v) is 11.4. The van der Waals surface area contributed by atoms with Crippen LogP contribution < -0.4 is 16.8 Å². The van der Waals surface area contributed by atoms with Crippen LogP contribution in [0.25, 0.3) is 0 Å². The molecule has 0 spiro atoms. The van der Waals surface area contributed by atoms with Crippen LogP contribution in [0.15, 0.2) is 24.3 Å². The Kier molecular flexibility index (Phi) is 3.56. The molecule has 0 saturated carbocycles. The van der Waals surface area contributed by atoms with Crippen LogP contribution in [0.5, 0.6) is 0 Å². The maximum absolute atomic E-state index is 5.75. The second-order valence-corrected chi connectivity index (χ2v) is 5.09. The standard InChI is InChI=1S/C14H20N6/c15-8-1-2-13-18-14-17-9-7-12(20(14)19-13)10-3-5-11(16)6-4-10/h3-6,12H,1-2,7-9,15-16H2,(H,17,18,19). The van der Waals surface area contributed by atoms with Gasteiger partial charge in [-0.05, 0) is 37.1 Å². The van der Waals surface area contributed by atoms with Gasteiger partial charge in [0.15, 0.2) is 5.82 Å². The van der Waals surface area contributed by atoms with Gasteiger partial charge in [0.25, 0.3) is 0 Å². The predicted molar refractivity (Wildman–Crippen MR) is 79.5 cm³/mol. The molecule has 1 aromatic heterocycles. The molecular weight excluding hydrogens is 252 g/mol. The van der Waals surface area contributed by atoms with E-state index in [4.69, 9.17) is 11.5 Å². The van der Waals surface area contributed by atoms with Gasteiger partial charge in [0.2, 0.25) is 5.95 Å². The van der Waals surface area contributed by atoms with E-state index in [1.165, 1.54) is 5.56 Å². The smallest absolute Gasteiger partial charge is 0.221 e. The quantitative estimate of drug-likeness (QED) is 0.726. The molecule has 0 amide bonds. The van der Waals surface area contributed by atoms with E-state index in [1.54, 1.807) is 0 Å². The summed E-state index contributed by atoms with van der Waals surface area (Å²) in [5.74, 6) is 1.71. The first kappa shape index (κ1) is 12.9. The maximum atomic E-state index is 5.75. The zero-order valence-electron chi connectivity index (χ0n) is 11.4. The Labute approximate surface area is 118 Å². The number of hydrogen-bond acceptors (Lipinski definition) is 5. The number of hydrogen-bond donors (Lipinski definition) is 3. The molecule has 3 rings (SSSR count). The second kappa shape index (κ2) is 5.50. The van der Waals surface area contributed by atoms with Crippen LogP contribution in [-0.4, -0.2) is 27.9 Å². The van der Waals surface area contributed by atoms with E-state index >= 15 is 0 Å². The molecule has 1 aromatic carbocycles. The summed E-state index contributed by atoms with van der Waals surface area (Å²) in [6.45, 7) is 1.57. The zero-order chi connectivity index (χ0) is 13.9. The molecule has 6 nitrogen and oxygen atoms in total. The molecule has 106 valence electrons. The number of nitrogens with zero attached hydrogens (tertiary/aromatic N) is 3. The van der Waals surface area contributed by atoms with Crippen LogP contribution in [0.3, 0.4) is 0 Å². The molecule has 2 aromatic rings. The lowest BCUT2D eigenvalue weighted by Gasteiger charge is -2.24. The minimum absolute atomic E-state index is 0.228. The van der Waals surface area contributed by atoms with Crippen molar-refractivity contribution in [2.45, 2.75) is 25.3 Å². The largest absolute Gasteiger partial charge is 0.399 e. The van der Waals surface area contributed by atoms with E-state index in [0.717, 1.165) is 43.3 Å². The van der Waals surface area contributed by atoms with Crippen LogP contribution in [-0.2, 0) is 6.42 Å². The Hall–Kier alpha value is -2.08. The van der Waals surface area contributed by atoms with Crippen LogP contribution in [0.4, 0.5) is 11.6 Å². The third kappa shape index (κ3) is 2.46. The number of aryl methyl sites for hydroxylation is 1.